The second-order valence-electron chi connectivity index (χ2n) is 4.99. The summed E-state index contributed by atoms with van der Waals surface area (Å²) < 4.78 is 0. The number of guanidine groups is 1. The van der Waals surface area contributed by atoms with Crippen LogP contribution < -0.4 is 11.1 Å². The lowest BCUT2D eigenvalue weighted by atomic mass is 10.1. The van der Waals surface area contributed by atoms with Crippen LogP contribution in [0, 0.1) is 0 Å². The van der Waals surface area contributed by atoms with Gasteiger partial charge in [-0.15, -0.1) is 0 Å². The zero-order valence-corrected chi connectivity index (χ0v) is 12.3. The number of hydrogen-bond acceptors (Lipinski definition) is 2. The maximum atomic E-state index is 5.84. The largest absolute Gasteiger partial charge is 0.370 e. The summed E-state index contributed by atoms with van der Waals surface area (Å²) in [6.07, 6.45) is 2.28. The normalized spacial score (nSPS) is 11.9. The molecular formula is C15H26N4. The molecule has 0 fully saturated rings. The van der Waals surface area contributed by atoms with E-state index >= 15 is 0 Å². The molecule has 4 heteroatoms. The molecule has 4 nitrogen and oxygen atoms in total. The first-order valence-electron chi connectivity index (χ1n) is 6.88. The molecule has 0 unspecified atom stereocenters. The zero-order valence-electron chi connectivity index (χ0n) is 12.3. The van der Waals surface area contributed by atoms with Crippen LogP contribution in [0.2, 0.25) is 0 Å². The lowest BCUT2D eigenvalue weighted by Gasteiger charge is -2.13. The van der Waals surface area contributed by atoms with Crippen LogP contribution in [0.1, 0.15) is 30.9 Å². The summed E-state index contributed by atoms with van der Waals surface area (Å²) in [4.78, 5) is 6.56. The molecule has 106 valence electrons. The maximum Gasteiger partial charge on any atom is 0.188 e. The van der Waals surface area contributed by atoms with Crippen molar-refractivity contribution in [2.75, 3.05) is 20.6 Å². The number of nitrogens with two attached hydrogens (primary N) is 1. The molecule has 0 radical (unpaired) electrons. The molecule has 1 aromatic rings. The maximum absolute atomic E-state index is 5.84. The van der Waals surface area contributed by atoms with Gasteiger partial charge in [0.25, 0.3) is 0 Å². The molecule has 0 amide bonds. The summed E-state index contributed by atoms with van der Waals surface area (Å²) in [5, 5.41) is 3.13. The highest BCUT2D eigenvalue weighted by molar-refractivity contribution is 5.77. The van der Waals surface area contributed by atoms with Crippen molar-refractivity contribution in [3.8, 4) is 0 Å². The van der Waals surface area contributed by atoms with Crippen molar-refractivity contribution in [3.63, 3.8) is 0 Å². The summed E-state index contributed by atoms with van der Waals surface area (Å²) in [5.74, 6) is 0.535. The number of rotatable bonds is 7. The minimum Gasteiger partial charge on any atom is -0.370 e. The Morgan fingerprint density at radius 1 is 1.26 bits per heavy atom. The van der Waals surface area contributed by atoms with Gasteiger partial charge in [0.15, 0.2) is 5.96 Å². The molecule has 0 aromatic heterocycles. The fraction of sp³-hybridized carbons (Fsp3) is 0.533. The van der Waals surface area contributed by atoms with Crippen LogP contribution in [-0.4, -0.2) is 31.5 Å². The molecule has 0 aliphatic heterocycles. The third kappa shape index (κ3) is 6.25. The predicted octanol–water partition coefficient (Wildman–Crippen LogP) is 1.95. The summed E-state index contributed by atoms with van der Waals surface area (Å²) in [7, 11) is 4.14. The van der Waals surface area contributed by atoms with Crippen LogP contribution in [0.5, 0.6) is 0 Å². The molecule has 0 aliphatic carbocycles. The number of aliphatic imine (C=N–C) groups is 1. The van der Waals surface area contributed by atoms with E-state index in [1.807, 2.05) is 6.07 Å². The van der Waals surface area contributed by atoms with Crippen molar-refractivity contribution in [2.24, 2.45) is 10.7 Å². The second kappa shape index (κ2) is 8.53. The molecule has 19 heavy (non-hydrogen) atoms. The van der Waals surface area contributed by atoms with Gasteiger partial charge in [-0.1, -0.05) is 37.6 Å². The molecular weight excluding hydrogens is 236 g/mol. The zero-order chi connectivity index (χ0) is 14.1. The molecule has 0 bridgehead atoms. The molecule has 0 spiro atoms. The highest BCUT2D eigenvalue weighted by Gasteiger charge is 2.02. The standard InChI is InChI=1S/C15H26N4/c1-4-5-10-17-15(16)18-11-13-8-6-7-9-14(13)12-19(2)3/h6-9H,4-5,10-12H2,1-3H3,(H3,16,17,18). The number of nitrogens with zero attached hydrogens (tertiary/aromatic N) is 2. The first-order valence-corrected chi connectivity index (χ1v) is 6.88. The molecule has 1 aromatic carbocycles. The Morgan fingerprint density at radius 3 is 2.58 bits per heavy atom. The van der Waals surface area contributed by atoms with Gasteiger partial charge >= 0.3 is 0 Å². The van der Waals surface area contributed by atoms with Gasteiger partial charge in [-0.3, -0.25) is 0 Å². The van der Waals surface area contributed by atoms with Crippen molar-refractivity contribution in [1.82, 2.24) is 10.2 Å². The minimum atomic E-state index is 0.535. The van der Waals surface area contributed by atoms with Gasteiger partial charge in [0.1, 0.15) is 0 Å². The Balaban J connectivity index is 2.58. The van der Waals surface area contributed by atoms with Crippen molar-refractivity contribution in [1.29, 1.82) is 0 Å². The lowest BCUT2D eigenvalue weighted by molar-refractivity contribution is 0.401. The van der Waals surface area contributed by atoms with Crippen molar-refractivity contribution in [3.05, 3.63) is 35.4 Å². The van der Waals surface area contributed by atoms with Crippen LogP contribution >= 0.6 is 0 Å². The summed E-state index contributed by atoms with van der Waals surface area (Å²) in [6.45, 7) is 4.61. The number of benzene rings is 1. The third-order valence-electron chi connectivity index (χ3n) is 2.86. The SMILES string of the molecule is CCCCNC(N)=NCc1ccccc1CN(C)C. The molecule has 3 N–H and O–H groups in total. The van der Waals surface area contributed by atoms with Crippen LogP contribution in [0.15, 0.2) is 29.3 Å². The fourth-order valence-corrected chi connectivity index (χ4v) is 1.83. The van der Waals surface area contributed by atoms with E-state index in [-0.39, 0.29) is 0 Å². The van der Waals surface area contributed by atoms with E-state index in [2.05, 4.69) is 54.4 Å². The number of unbranched alkanes of at least 4 members (excludes halogenated alkanes) is 1. The Labute approximate surface area is 116 Å². The van der Waals surface area contributed by atoms with Gasteiger partial charge in [0.2, 0.25) is 0 Å². The first kappa shape index (κ1) is 15.5. The molecule has 0 aliphatic rings. The number of nitrogens with one attached hydrogen (secondary N) is 1. The van der Waals surface area contributed by atoms with E-state index < -0.39 is 0 Å². The van der Waals surface area contributed by atoms with Gasteiger partial charge in [-0.2, -0.15) is 0 Å². The van der Waals surface area contributed by atoms with Gasteiger partial charge in [0, 0.05) is 13.1 Å². The quantitative estimate of drug-likeness (QED) is 0.449. The van der Waals surface area contributed by atoms with Gasteiger partial charge in [0.05, 0.1) is 6.54 Å². The van der Waals surface area contributed by atoms with Crippen molar-refractivity contribution in [2.45, 2.75) is 32.9 Å². The highest BCUT2D eigenvalue weighted by Crippen LogP contribution is 2.11. The van der Waals surface area contributed by atoms with E-state index in [9.17, 15) is 0 Å². The Morgan fingerprint density at radius 2 is 1.95 bits per heavy atom. The van der Waals surface area contributed by atoms with Crippen molar-refractivity contribution >= 4 is 5.96 Å². The van der Waals surface area contributed by atoms with E-state index in [4.69, 9.17) is 5.73 Å². The second-order valence-corrected chi connectivity index (χ2v) is 4.99. The molecule has 0 saturated carbocycles. The van der Waals surface area contributed by atoms with Crippen LogP contribution in [0.4, 0.5) is 0 Å². The first-order chi connectivity index (χ1) is 9.13. The molecule has 1 rings (SSSR count). The van der Waals surface area contributed by atoms with Gasteiger partial charge in [-0.25, -0.2) is 4.99 Å². The monoisotopic (exact) mass is 262 g/mol. The average Bonchev–Trinajstić information content (AvgIpc) is 2.37. The smallest absolute Gasteiger partial charge is 0.188 e. The summed E-state index contributed by atoms with van der Waals surface area (Å²) in [6, 6.07) is 8.37. The van der Waals surface area contributed by atoms with Crippen LogP contribution in [0.3, 0.4) is 0 Å². The molecule has 0 heterocycles. The van der Waals surface area contributed by atoms with Crippen LogP contribution in [-0.2, 0) is 13.1 Å². The highest BCUT2D eigenvalue weighted by atomic mass is 15.1. The third-order valence-corrected chi connectivity index (χ3v) is 2.86. The van der Waals surface area contributed by atoms with E-state index in [0.29, 0.717) is 12.5 Å². The number of hydrogen-bond donors (Lipinski definition) is 2. The Hall–Kier alpha value is -1.55. The van der Waals surface area contributed by atoms with Gasteiger partial charge in [-0.05, 0) is 31.6 Å². The van der Waals surface area contributed by atoms with E-state index in [0.717, 1.165) is 25.9 Å². The van der Waals surface area contributed by atoms with E-state index in [1.54, 1.807) is 0 Å². The molecule has 0 saturated heterocycles. The Kier molecular flexibility index (Phi) is 6.97. The minimum absolute atomic E-state index is 0.535. The summed E-state index contributed by atoms with van der Waals surface area (Å²) in [5.41, 5.74) is 8.38. The van der Waals surface area contributed by atoms with Crippen molar-refractivity contribution < 1.29 is 0 Å². The topological polar surface area (TPSA) is 53.6 Å². The lowest BCUT2D eigenvalue weighted by Crippen LogP contribution is -2.32. The fourth-order valence-electron chi connectivity index (χ4n) is 1.83. The summed E-state index contributed by atoms with van der Waals surface area (Å²) >= 11 is 0. The predicted molar refractivity (Wildman–Crippen MR) is 82.1 cm³/mol. The van der Waals surface area contributed by atoms with E-state index in [1.165, 1.54) is 11.1 Å². The Bertz CT molecular complexity index is 399. The van der Waals surface area contributed by atoms with Crippen LogP contribution in [0.25, 0.3) is 0 Å². The van der Waals surface area contributed by atoms with Gasteiger partial charge < -0.3 is 16.0 Å². The average molecular weight is 262 g/mol. The molecule has 0 atom stereocenters.